The van der Waals surface area contributed by atoms with E-state index in [1.165, 1.54) is 18.2 Å². The van der Waals surface area contributed by atoms with Gasteiger partial charge in [0.1, 0.15) is 0 Å². The molecule has 0 aliphatic heterocycles. The van der Waals surface area contributed by atoms with Crippen molar-refractivity contribution < 1.29 is 14.4 Å². The van der Waals surface area contributed by atoms with Crippen molar-refractivity contribution in [2.45, 2.75) is 6.04 Å². The molecule has 0 saturated carbocycles. The fourth-order valence-electron chi connectivity index (χ4n) is 2.72. The Kier molecular flexibility index (Phi) is 9.11. The molecule has 0 aromatic heterocycles. The molecular formula is C21H24Cl2N4O3. The van der Waals surface area contributed by atoms with Gasteiger partial charge in [-0.2, -0.15) is 0 Å². The lowest BCUT2D eigenvalue weighted by atomic mass is 10.1. The fraction of sp³-hybridized carbons (Fsp3) is 0.286. The van der Waals surface area contributed by atoms with Crippen molar-refractivity contribution >= 4 is 40.9 Å². The summed E-state index contributed by atoms with van der Waals surface area (Å²) in [6.07, 6.45) is 0. The highest BCUT2D eigenvalue weighted by atomic mass is 35.5. The largest absolute Gasteiger partial charge is 0.353 e. The van der Waals surface area contributed by atoms with Crippen molar-refractivity contribution in [1.29, 1.82) is 0 Å². The normalized spacial score (nSPS) is 11.6. The summed E-state index contributed by atoms with van der Waals surface area (Å²) in [5, 5.41) is 8.33. The Morgan fingerprint density at radius 2 is 1.53 bits per heavy atom. The summed E-state index contributed by atoms with van der Waals surface area (Å²) in [7, 11) is 3.86. The number of nitrogens with one attached hydrogen (secondary N) is 3. The standard InChI is InChI=1S/C21H24Cl2N4O3/c1-27(2)18(14-6-4-3-5-7-14)11-24-19(28)12-25-20(29)13-26-21(30)16-9-8-15(22)10-17(16)23/h3-10,18H,11-13H2,1-2H3,(H,24,28)(H,25,29)(H,26,30). The summed E-state index contributed by atoms with van der Waals surface area (Å²) in [6, 6.07) is 14.3. The van der Waals surface area contributed by atoms with Gasteiger partial charge < -0.3 is 20.9 Å². The number of rotatable bonds is 9. The summed E-state index contributed by atoms with van der Waals surface area (Å²) >= 11 is 11.8. The van der Waals surface area contributed by atoms with E-state index >= 15 is 0 Å². The molecule has 160 valence electrons. The first-order chi connectivity index (χ1) is 14.3. The third-order valence-electron chi connectivity index (χ3n) is 4.33. The van der Waals surface area contributed by atoms with Gasteiger partial charge in [-0.1, -0.05) is 53.5 Å². The number of carbonyl (C=O) groups is 3. The molecular weight excluding hydrogens is 427 g/mol. The molecule has 2 rings (SSSR count). The topological polar surface area (TPSA) is 90.5 Å². The Morgan fingerprint density at radius 3 is 2.17 bits per heavy atom. The molecule has 2 aromatic rings. The average molecular weight is 451 g/mol. The van der Waals surface area contributed by atoms with Crippen LogP contribution in [0.25, 0.3) is 0 Å². The van der Waals surface area contributed by atoms with Gasteiger partial charge in [0.15, 0.2) is 0 Å². The molecule has 0 fully saturated rings. The average Bonchev–Trinajstić information content (AvgIpc) is 2.71. The molecule has 3 amide bonds. The Bertz CT molecular complexity index is 891. The molecule has 1 atom stereocenters. The molecule has 0 bridgehead atoms. The van der Waals surface area contributed by atoms with E-state index in [-0.39, 0.29) is 35.6 Å². The van der Waals surface area contributed by atoms with E-state index in [0.29, 0.717) is 11.6 Å². The third kappa shape index (κ3) is 7.33. The molecule has 1 unspecified atom stereocenters. The van der Waals surface area contributed by atoms with Gasteiger partial charge in [0.05, 0.1) is 29.7 Å². The molecule has 0 spiro atoms. The summed E-state index contributed by atoms with van der Waals surface area (Å²) in [5.74, 6) is -1.32. The van der Waals surface area contributed by atoms with Crippen LogP contribution in [-0.4, -0.2) is 56.4 Å². The summed E-state index contributed by atoms with van der Waals surface area (Å²) in [4.78, 5) is 38.1. The van der Waals surface area contributed by atoms with E-state index in [2.05, 4.69) is 16.0 Å². The zero-order valence-electron chi connectivity index (χ0n) is 16.7. The van der Waals surface area contributed by atoms with Crippen molar-refractivity contribution in [3.63, 3.8) is 0 Å². The Hall–Kier alpha value is -2.61. The zero-order chi connectivity index (χ0) is 22.1. The van der Waals surface area contributed by atoms with Gasteiger partial charge in [0.2, 0.25) is 11.8 Å². The summed E-state index contributed by atoms with van der Waals surface area (Å²) < 4.78 is 0. The zero-order valence-corrected chi connectivity index (χ0v) is 18.3. The highest BCUT2D eigenvalue weighted by Gasteiger charge is 2.16. The number of benzene rings is 2. The minimum absolute atomic E-state index is 0.00858. The van der Waals surface area contributed by atoms with Crippen LogP contribution in [0.4, 0.5) is 0 Å². The first-order valence-electron chi connectivity index (χ1n) is 9.26. The lowest BCUT2D eigenvalue weighted by Gasteiger charge is -2.25. The van der Waals surface area contributed by atoms with Crippen LogP contribution in [0.1, 0.15) is 22.0 Å². The number of nitrogens with zero attached hydrogens (tertiary/aromatic N) is 1. The van der Waals surface area contributed by atoms with Crippen LogP contribution in [0.3, 0.4) is 0 Å². The SMILES string of the molecule is CN(C)C(CNC(=O)CNC(=O)CNC(=O)c1ccc(Cl)cc1Cl)c1ccccc1. The Labute approximate surface area is 185 Å². The van der Waals surface area contributed by atoms with Crippen LogP contribution in [0.2, 0.25) is 10.0 Å². The minimum Gasteiger partial charge on any atom is -0.353 e. The second-order valence-corrected chi connectivity index (χ2v) is 7.62. The van der Waals surface area contributed by atoms with Crippen LogP contribution in [0.15, 0.2) is 48.5 Å². The van der Waals surface area contributed by atoms with Crippen LogP contribution in [0.5, 0.6) is 0 Å². The lowest BCUT2D eigenvalue weighted by molar-refractivity contribution is -0.125. The second kappa shape index (κ2) is 11.5. The number of likely N-dealkylation sites (N-methyl/N-ethyl adjacent to an activating group) is 1. The van der Waals surface area contributed by atoms with Crippen molar-refractivity contribution in [1.82, 2.24) is 20.9 Å². The van der Waals surface area contributed by atoms with Crippen LogP contribution >= 0.6 is 23.2 Å². The first-order valence-corrected chi connectivity index (χ1v) is 10.0. The minimum atomic E-state index is -0.507. The number of hydrogen-bond donors (Lipinski definition) is 3. The van der Waals surface area contributed by atoms with Crippen molar-refractivity contribution in [3.05, 3.63) is 69.7 Å². The predicted octanol–water partition coefficient (Wildman–Crippen LogP) is 2.26. The van der Waals surface area contributed by atoms with Gasteiger partial charge in [-0.05, 0) is 37.9 Å². The Balaban J connectivity index is 1.74. The maximum Gasteiger partial charge on any atom is 0.253 e. The number of amides is 3. The van der Waals surface area contributed by atoms with Gasteiger partial charge in [-0.25, -0.2) is 0 Å². The molecule has 7 nitrogen and oxygen atoms in total. The van der Waals surface area contributed by atoms with Crippen molar-refractivity contribution in [3.8, 4) is 0 Å². The van der Waals surface area contributed by atoms with Gasteiger partial charge >= 0.3 is 0 Å². The number of halogens is 2. The van der Waals surface area contributed by atoms with Crippen LogP contribution in [0, 0.1) is 0 Å². The molecule has 0 aliphatic carbocycles. The molecule has 0 saturated heterocycles. The molecule has 2 aromatic carbocycles. The molecule has 0 aliphatic rings. The number of carbonyl (C=O) groups excluding carboxylic acids is 3. The molecule has 3 N–H and O–H groups in total. The van der Waals surface area contributed by atoms with Gasteiger partial charge in [0, 0.05) is 11.6 Å². The first kappa shape index (κ1) is 23.7. The van der Waals surface area contributed by atoms with E-state index in [9.17, 15) is 14.4 Å². The molecule has 0 heterocycles. The summed E-state index contributed by atoms with van der Waals surface area (Å²) in [6.45, 7) is -0.0712. The predicted molar refractivity (Wildman–Crippen MR) is 118 cm³/mol. The summed E-state index contributed by atoms with van der Waals surface area (Å²) in [5.41, 5.74) is 1.29. The van der Waals surface area contributed by atoms with Crippen molar-refractivity contribution in [2.24, 2.45) is 0 Å². The third-order valence-corrected chi connectivity index (χ3v) is 4.88. The number of hydrogen-bond acceptors (Lipinski definition) is 4. The second-order valence-electron chi connectivity index (χ2n) is 6.78. The highest BCUT2D eigenvalue weighted by molar-refractivity contribution is 6.36. The maximum atomic E-state index is 12.1. The van der Waals surface area contributed by atoms with E-state index in [1.54, 1.807) is 0 Å². The quantitative estimate of drug-likeness (QED) is 0.546. The van der Waals surface area contributed by atoms with E-state index in [0.717, 1.165) is 5.56 Å². The van der Waals surface area contributed by atoms with E-state index < -0.39 is 11.8 Å². The maximum absolute atomic E-state index is 12.1. The van der Waals surface area contributed by atoms with Crippen LogP contribution in [-0.2, 0) is 9.59 Å². The van der Waals surface area contributed by atoms with E-state index in [1.807, 2.05) is 49.3 Å². The molecule has 9 heteroatoms. The van der Waals surface area contributed by atoms with Gasteiger partial charge in [-0.15, -0.1) is 0 Å². The van der Waals surface area contributed by atoms with E-state index in [4.69, 9.17) is 23.2 Å². The molecule has 30 heavy (non-hydrogen) atoms. The van der Waals surface area contributed by atoms with Gasteiger partial charge in [-0.3, -0.25) is 14.4 Å². The fourth-order valence-corrected chi connectivity index (χ4v) is 3.21. The highest BCUT2D eigenvalue weighted by Crippen LogP contribution is 2.20. The van der Waals surface area contributed by atoms with Crippen LogP contribution < -0.4 is 16.0 Å². The van der Waals surface area contributed by atoms with Gasteiger partial charge in [0.25, 0.3) is 5.91 Å². The molecule has 0 radical (unpaired) electrons. The lowest BCUT2D eigenvalue weighted by Crippen LogP contribution is -2.43. The monoisotopic (exact) mass is 450 g/mol. The Morgan fingerprint density at radius 1 is 0.900 bits per heavy atom. The van der Waals surface area contributed by atoms with Crippen molar-refractivity contribution in [2.75, 3.05) is 33.7 Å². The smallest absolute Gasteiger partial charge is 0.253 e.